The van der Waals surface area contributed by atoms with E-state index in [1.807, 2.05) is 0 Å². The highest BCUT2D eigenvalue weighted by Crippen LogP contribution is 2.38. The average Bonchev–Trinajstić information content (AvgIpc) is 3.21. The summed E-state index contributed by atoms with van der Waals surface area (Å²) in [5, 5.41) is 11.0. The van der Waals surface area contributed by atoms with Gasteiger partial charge in [0.05, 0.1) is 5.56 Å². The van der Waals surface area contributed by atoms with Crippen molar-refractivity contribution in [2.24, 2.45) is 5.92 Å². The Kier molecular flexibility index (Phi) is 6.98. The molecule has 0 N–H and O–H groups in total. The maximum Gasteiger partial charge on any atom is 0.338 e. The maximum absolute atomic E-state index is 14.3. The Bertz CT molecular complexity index is 734. The van der Waals surface area contributed by atoms with Crippen molar-refractivity contribution in [2.45, 2.75) is 88.8 Å². The van der Waals surface area contributed by atoms with Gasteiger partial charge in [-0.05, 0) is 69.2 Å². The number of carbonyl (C=O) groups is 2. The van der Waals surface area contributed by atoms with E-state index in [1.165, 1.54) is 12.1 Å². The molecule has 0 spiro atoms. The Labute approximate surface area is 175 Å². The molecule has 0 bridgehead atoms. The van der Waals surface area contributed by atoms with Crippen LogP contribution in [-0.2, 0) is 9.53 Å². The summed E-state index contributed by atoms with van der Waals surface area (Å²) in [5.74, 6) is -7.82. The number of benzene rings is 1. The third kappa shape index (κ3) is 4.93. The van der Waals surface area contributed by atoms with Crippen molar-refractivity contribution < 1.29 is 33.0 Å². The minimum Gasteiger partial charge on any atom is -0.544 e. The second-order valence-corrected chi connectivity index (χ2v) is 8.50. The van der Waals surface area contributed by atoms with E-state index >= 15 is 0 Å². The molecule has 3 rings (SSSR count). The molecular weight excluding hydrogens is 394 g/mol. The largest absolute Gasteiger partial charge is 0.544 e. The zero-order valence-electron chi connectivity index (χ0n) is 17.3. The SMILES string of the molecule is CCC1(Oc2ccc(C(=O)OC(C3CCCCC3)C(F)(F)C(=O)[O-])cc2)CCCC1. The molecule has 2 aliphatic carbocycles. The monoisotopic (exact) mass is 423 g/mol. The van der Waals surface area contributed by atoms with Crippen LogP contribution in [0.2, 0.25) is 0 Å². The maximum atomic E-state index is 14.3. The molecule has 1 unspecified atom stereocenters. The van der Waals surface area contributed by atoms with Crippen LogP contribution in [0.25, 0.3) is 0 Å². The lowest BCUT2D eigenvalue weighted by molar-refractivity contribution is -0.337. The van der Waals surface area contributed by atoms with Gasteiger partial charge in [-0.25, -0.2) is 4.79 Å². The third-order valence-corrected chi connectivity index (χ3v) is 6.52. The van der Waals surface area contributed by atoms with Gasteiger partial charge in [0, 0.05) is 5.92 Å². The summed E-state index contributed by atoms with van der Waals surface area (Å²) in [6.07, 6.45) is 6.14. The quantitative estimate of drug-likeness (QED) is 0.584. The van der Waals surface area contributed by atoms with Gasteiger partial charge in [0.2, 0.25) is 0 Å². The first-order valence-corrected chi connectivity index (χ1v) is 10.9. The number of carboxylic acid groups (broad SMARTS) is 1. The standard InChI is InChI=1S/C23H30F2O5/c1-2-22(14-6-7-15-22)30-18-12-10-17(11-13-18)20(26)29-19(23(24,25)21(27)28)16-8-4-3-5-9-16/h10-13,16,19H,2-9,14-15H2,1H3,(H,27,28)/p-1. The first kappa shape index (κ1) is 22.5. The third-order valence-electron chi connectivity index (χ3n) is 6.52. The Morgan fingerprint density at radius 1 is 1.10 bits per heavy atom. The van der Waals surface area contributed by atoms with E-state index in [0.717, 1.165) is 38.5 Å². The summed E-state index contributed by atoms with van der Waals surface area (Å²) >= 11 is 0. The molecule has 0 saturated heterocycles. The molecule has 2 fully saturated rings. The van der Waals surface area contributed by atoms with Crippen molar-refractivity contribution in [3.05, 3.63) is 29.8 Å². The Morgan fingerprint density at radius 2 is 1.70 bits per heavy atom. The first-order valence-electron chi connectivity index (χ1n) is 10.9. The van der Waals surface area contributed by atoms with Crippen molar-refractivity contribution in [1.29, 1.82) is 0 Å². The van der Waals surface area contributed by atoms with E-state index < -0.39 is 29.9 Å². The Morgan fingerprint density at radius 3 is 2.23 bits per heavy atom. The fourth-order valence-corrected chi connectivity index (χ4v) is 4.66. The normalized spacial score (nSPS) is 20.5. The van der Waals surface area contributed by atoms with Gasteiger partial charge >= 0.3 is 11.9 Å². The molecule has 0 heterocycles. The van der Waals surface area contributed by atoms with Gasteiger partial charge in [0.15, 0.2) is 6.10 Å². The summed E-state index contributed by atoms with van der Waals surface area (Å²) < 4.78 is 39.8. The second kappa shape index (κ2) is 9.31. The average molecular weight is 423 g/mol. The predicted molar refractivity (Wildman–Crippen MR) is 104 cm³/mol. The molecule has 2 aliphatic rings. The number of rotatable bonds is 8. The summed E-state index contributed by atoms with van der Waals surface area (Å²) in [6.45, 7) is 2.08. The van der Waals surface area contributed by atoms with Gasteiger partial charge < -0.3 is 19.4 Å². The lowest BCUT2D eigenvalue weighted by Crippen LogP contribution is -2.54. The highest BCUT2D eigenvalue weighted by atomic mass is 19.3. The number of hydrogen-bond donors (Lipinski definition) is 0. The molecule has 2 saturated carbocycles. The number of alkyl halides is 2. The van der Waals surface area contributed by atoms with Gasteiger partial charge in [-0.1, -0.05) is 26.2 Å². The zero-order chi connectivity index (χ0) is 21.8. The van der Waals surface area contributed by atoms with Crippen LogP contribution in [0, 0.1) is 5.92 Å². The van der Waals surface area contributed by atoms with Crippen molar-refractivity contribution in [1.82, 2.24) is 0 Å². The molecular formula is C23H29F2O5-. The van der Waals surface area contributed by atoms with E-state index in [0.29, 0.717) is 31.4 Å². The van der Waals surface area contributed by atoms with Gasteiger partial charge in [0.1, 0.15) is 17.3 Å². The number of aliphatic carboxylic acids is 1. The number of carbonyl (C=O) groups excluding carboxylic acids is 2. The van der Waals surface area contributed by atoms with Crippen LogP contribution in [0.5, 0.6) is 5.75 Å². The van der Waals surface area contributed by atoms with Crippen molar-refractivity contribution >= 4 is 11.9 Å². The van der Waals surface area contributed by atoms with E-state index in [2.05, 4.69) is 6.92 Å². The van der Waals surface area contributed by atoms with Gasteiger partial charge in [-0.3, -0.25) is 0 Å². The van der Waals surface area contributed by atoms with E-state index in [1.54, 1.807) is 12.1 Å². The number of esters is 1. The minimum atomic E-state index is -4.24. The fourth-order valence-electron chi connectivity index (χ4n) is 4.66. The van der Waals surface area contributed by atoms with Crippen molar-refractivity contribution in [3.8, 4) is 5.75 Å². The molecule has 30 heavy (non-hydrogen) atoms. The fraction of sp³-hybridized carbons (Fsp3) is 0.652. The van der Waals surface area contributed by atoms with E-state index in [9.17, 15) is 23.5 Å². The number of ether oxygens (including phenoxy) is 2. The molecule has 1 atom stereocenters. The molecule has 0 radical (unpaired) electrons. The number of carboxylic acids is 1. The highest BCUT2D eigenvalue weighted by Gasteiger charge is 2.48. The molecule has 166 valence electrons. The number of hydrogen-bond acceptors (Lipinski definition) is 5. The van der Waals surface area contributed by atoms with Crippen LogP contribution in [0.1, 0.15) is 81.5 Å². The molecule has 0 amide bonds. The smallest absolute Gasteiger partial charge is 0.338 e. The summed E-state index contributed by atoms with van der Waals surface area (Å²) in [5.41, 5.74) is -0.112. The molecule has 5 nitrogen and oxygen atoms in total. The van der Waals surface area contributed by atoms with Gasteiger partial charge in [-0.15, -0.1) is 0 Å². The van der Waals surface area contributed by atoms with Crippen LogP contribution in [0.15, 0.2) is 24.3 Å². The molecule has 1 aromatic rings. The van der Waals surface area contributed by atoms with Crippen molar-refractivity contribution in [2.75, 3.05) is 0 Å². The minimum absolute atomic E-state index is 0.0780. The zero-order valence-corrected chi connectivity index (χ0v) is 17.3. The predicted octanol–water partition coefficient (Wildman–Crippen LogP) is 4.28. The van der Waals surface area contributed by atoms with Gasteiger partial charge in [-0.2, -0.15) is 8.78 Å². The van der Waals surface area contributed by atoms with Crippen LogP contribution >= 0.6 is 0 Å². The lowest BCUT2D eigenvalue weighted by atomic mass is 9.83. The second-order valence-electron chi connectivity index (χ2n) is 8.50. The van der Waals surface area contributed by atoms with Crippen LogP contribution < -0.4 is 9.84 Å². The van der Waals surface area contributed by atoms with E-state index in [-0.39, 0.29) is 11.2 Å². The van der Waals surface area contributed by atoms with Crippen LogP contribution in [0.3, 0.4) is 0 Å². The highest BCUT2D eigenvalue weighted by molar-refractivity contribution is 5.90. The van der Waals surface area contributed by atoms with Gasteiger partial charge in [0.25, 0.3) is 0 Å². The summed E-state index contributed by atoms with van der Waals surface area (Å²) in [7, 11) is 0. The lowest BCUT2D eigenvalue weighted by Gasteiger charge is -2.35. The molecule has 0 aromatic heterocycles. The molecule has 7 heteroatoms. The van der Waals surface area contributed by atoms with Crippen LogP contribution in [0.4, 0.5) is 8.78 Å². The Balaban J connectivity index is 1.71. The summed E-state index contributed by atoms with van der Waals surface area (Å²) in [4.78, 5) is 23.6. The van der Waals surface area contributed by atoms with Crippen molar-refractivity contribution in [3.63, 3.8) is 0 Å². The number of halogens is 2. The van der Waals surface area contributed by atoms with Crippen LogP contribution in [-0.4, -0.2) is 29.6 Å². The molecule has 1 aromatic carbocycles. The first-order chi connectivity index (χ1) is 14.3. The summed E-state index contributed by atoms with van der Waals surface area (Å²) in [6, 6.07) is 6.17. The molecule has 0 aliphatic heterocycles. The topological polar surface area (TPSA) is 75.7 Å². The van der Waals surface area contributed by atoms with E-state index in [4.69, 9.17) is 9.47 Å². The Hall–Kier alpha value is -2.18.